The van der Waals surface area contributed by atoms with Gasteiger partial charge in [0.15, 0.2) is 0 Å². The molecule has 64 valence electrons. The molecular formula is C9H16OS. The predicted octanol–water partition coefficient (Wildman–Crippen LogP) is 1.71. The first-order valence-corrected chi connectivity index (χ1v) is 4.93. The summed E-state index contributed by atoms with van der Waals surface area (Å²) in [6, 6.07) is 0. The van der Waals surface area contributed by atoms with Gasteiger partial charge in [0.1, 0.15) is 0 Å². The van der Waals surface area contributed by atoms with Crippen LogP contribution in [0.1, 0.15) is 26.7 Å². The monoisotopic (exact) mass is 172 g/mol. The number of rotatable bonds is 0. The predicted molar refractivity (Wildman–Crippen MR) is 48.8 cm³/mol. The van der Waals surface area contributed by atoms with Crippen molar-refractivity contribution in [3.63, 3.8) is 0 Å². The first-order valence-electron chi connectivity index (χ1n) is 4.41. The molecule has 0 unspecified atom stereocenters. The van der Waals surface area contributed by atoms with Gasteiger partial charge in [-0.2, -0.15) is 12.6 Å². The normalized spacial score (nSPS) is 53.5. The number of fused-ring (bicyclic) bond motifs is 2. The molecule has 0 aromatic carbocycles. The summed E-state index contributed by atoms with van der Waals surface area (Å²) in [6.45, 7) is 4.55. The Labute approximate surface area is 73.6 Å². The van der Waals surface area contributed by atoms with Crippen molar-refractivity contribution >= 4 is 12.6 Å². The fourth-order valence-corrected chi connectivity index (χ4v) is 3.82. The quantitative estimate of drug-likeness (QED) is 0.533. The van der Waals surface area contributed by atoms with Crippen molar-refractivity contribution in [2.24, 2.45) is 17.3 Å². The third-order valence-corrected chi connectivity index (χ3v) is 4.54. The van der Waals surface area contributed by atoms with E-state index in [4.69, 9.17) is 0 Å². The molecule has 11 heavy (non-hydrogen) atoms. The highest BCUT2D eigenvalue weighted by atomic mass is 32.1. The van der Waals surface area contributed by atoms with Gasteiger partial charge in [0.2, 0.25) is 0 Å². The van der Waals surface area contributed by atoms with Crippen LogP contribution in [-0.2, 0) is 0 Å². The summed E-state index contributed by atoms with van der Waals surface area (Å²) >= 11 is 4.46. The van der Waals surface area contributed by atoms with Crippen molar-refractivity contribution in [1.29, 1.82) is 0 Å². The SMILES string of the molecule is CC1(C)[C@@H]2CC[C@H]1[C@@H](O)[C@H]2S. The minimum absolute atomic E-state index is 0.146. The lowest BCUT2D eigenvalue weighted by Gasteiger charge is -2.24. The van der Waals surface area contributed by atoms with Gasteiger partial charge in [0, 0.05) is 5.25 Å². The van der Waals surface area contributed by atoms with Gasteiger partial charge in [-0.1, -0.05) is 13.8 Å². The molecule has 0 spiro atoms. The Morgan fingerprint density at radius 2 is 1.82 bits per heavy atom. The van der Waals surface area contributed by atoms with E-state index in [0.29, 0.717) is 17.3 Å². The number of aliphatic hydroxyl groups excluding tert-OH is 1. The van der Waals surface area contributed by atoms with Gasteiger partial charge >= 0.3 is 0 Å². The maximum Gasteiger partial charge on any atom is 0.0692 e. The highest BCUT2D eigenvalue weighted by Gasteiger charge is 2.57. The van der Waals surface area contributed by atoms with Crippen LogP contribution in [0.5, 0.6) is 0 Å². The first kappa shape index (κ1) is 7.93. The van der Waals surface area contributed by atoms with Crippen LogP contribution in [0.3, 0.4) is 0 Å². The van der Waals surface area contributed by atoms with Crippen LogP contribution >= 0.6 is 12.6 Å². The molecule has 0 radical (unpaired) electrons. The van der Waals surface area contributed by atoms with E-state index in [2.05, 4.69) is 26.5 Å². The van der Waals surface area contributed by atoms with Crippen molar-refractivity contribution in [2.45, 2.75) is 38.0 Å². The van der Waals surface area contributed by atoms with E-state index < -0.39 is 0 Å². The molecule has 0 heterocycles. The maximum absolute atomic E-state index is 9.75. The highest BCUT2D eigenvalue weighted by Crippen LogP contribution is 2.58. The third kappa shape index (κ3) is 0.829. The lowest BCUT2D eigenvalue weighted by molar-refractivity contribution is 0.0987. The summed E-state index contributed by atoms with van der Waals surface area (Å²) in [4.78, 5) is 0. The first-order chi connectivity index (χ1) is 5.05. The fourth-order valence-electron chi connectivity index (χ4n) is 3.08. The van der Waals surface area contributed by atoms with E-state index in [1.54, 1.807) is 0 Å². The standard InChI is InChI=1S/C9H16OS/c1-9(2)5-3-4-6(9)8(11)7(5)10/h5-8,10-11H,3-4H2,1-2H3/t5-,6+,7+,8-/m0/s1. The summed E-state index contributed by atoms with van der Waals surface area (Å²) in [6.07, 6.45) is 2.32. The molecule has 0 saturated heterocycles. The van der Waals surface area contributed by atoms with Crippen molar-refractivity contribution in [3.8, 4) is 0 Å². The summed E-state index contributed by atoms with van der Waals surface area (Å²) < 4.78 is 0. The van der Waals surface area contributed by atoms with E-state index >= 15 is 0 Å². The van der Waals surface area contributed by atoms with Gasteiger partial charge < -0.3 is 5.11 Å². The van der Waals surface area contributed by atoms with Crippen LogP contribution in [-0.4, -0.2) is 16.5 Å². The Balaban J connectivity index is 2.31. The highest BCUT2D eigenvalue weighted by molar-refractivity contribution is 7.81. The Morgan fingerprint density at radius 3 is 2.09 bits per heavy atom. The van der Waals surface area contributed by atoms with E-state index in [9.17, 15) is 5.11 Å². The molecule has 2 bridgehead atoms. The molecular weight excluding hydrogens is 156 g/mol. The molecule has 1 nitrogen and oxygen atoms in total. The second-order valence-electron chi connectivity index (χ2n) is 4.59. The summed E-state index contributed by atoms with van der Waals surface area (Å²) in [7, 11) is 0. The van der Waals surface area contributed by atoms with E-state index in [1.807, 2.05) is 0 Å². The van der Waals surface area contributed by atoms with Crippen molar-refractivity contribution in [2.75, 3.05) is 0 Å². The summed E-state index contributed by atoms with van der Waals surface area (Å²) in [5.41, 5.74) is 0.339. The van der Waals surface area contributed by atoms with Gasteiger partial charge in [-0.3, -0.25) is 0 Å². The molecule has 2 aliphatic carbocycles. The molecule has 1 N–H and O–H groups in total. The molecule has 2 rings (SSSR count). The van der Waals surface area contributed by atoms with Crippen LogP contribution in [0.4, 0.5) is 0 Å². The number of aliphatic hydroxyl groups is 1. The minimum atomic E-state index is -0.146. The average molecular weight is 172 g/mol. The zero-order chi connectivity index (χ0) is 8.22. The largest absolute Gasteiger partial charge is 0.392 e. The van der Waals surface area contributed by atoms with Gasteiger partial charge in [0.05, 0.1) is 6.10 Å². The molecule has 2 aliphatic rings. The van der Waals surface area contributed by atoms with Crippen molar-refractivity contribution < 1.29 is 5.11 Å². The number of hydrogen-bond acceptors (Lipinski definition) is 2. The van der Waals surface area contributed by atoms with Crippen LogP contribution in [0.25, 0.3) is 0 Å². The second kappa shape index (κ2) is 2.17. The number of thiol groups is 1. The topological polar surface area (TPSA) is 20.2 Å². The van der Waals surface area contributed by atoms with Crippen molar-refractivity contribution in [3.05, 3.63) is 0 Å². The van der Waals surface area contributed by atoms with Crippen LogP contribution < -0.4 is 0 Å². The molecule has 0 aromatic heterocycles. The maximum atomic E-state index is 9.75. The lowest BCUT2D eigenvalue weighted by Crippen LogP contribution is -2.27. The molecule has 2 saturated carbocycles. The van der Waals surface area contributed by atoms with Gasteiger partial charge in [0.25, 0.3) is 0 Å². The smallest absolute Gasteiger partial charge is 0.0692 e. The third-order valence-electron chi connectivity index (χ3n) is 3.87. The Hall–Kier alpha value is 0.310. The van der Waals surface area contributed by atoms with Crippen molar-refractivity contribution in [1.82, 2.24) is 0 Å². The molecule has 4 atom stereocenters. The Bertz CT molecular complexity index is 160. The van der Waals surface area contributed by atoms with Crippen LogP contribution in [0, 0.1) is 17.3 Å². The van der Waals surface area contributed by atoms with Gasteiger partial charge in [-0.15, -0.1) is 0 Å². The van der Waals surface area contributed by atoms with Crippen LogP contribution in [0.2, 0.25) is 0 Å². The number of hydrogen-bond donors (Lipinski definition) is 2. The van der Waals surface area contributed by atoms with Gasteiger partial charge in [-0.05, 0) is 30.1 Å². The fraction of sp³-hybridized carbons (Fsp3) is 1.00. The van der Waals surface area contributed by atoms with E-state index in [0.717, 1.165) is 0 Å². The summed E-state index contributed by atoms with van der Waals surface area (Å²) in [5, 5.41) is 9.99. The molecule has 2 fully saturated rings. The van der Waals surface area contributed by atoms with Gasteiger partial charge in [-0.25, -0.2) is 0 Å². The zero-order valence-corrected chi connectivity index (χ0v) is 8.01. The zero-order valence-electron chi connectivity index (χ0n) is 7.12. The lowest BCUT2D eigenvalue weighted by atomic mass is 9.82. The molecule has 0 amide bonds. The Kier molecular flexibility index (Phi) is 1.56. The summed E-state index contributed by atoms with van der Waals surface area (Å²) in [5.74, 6) is 1.15. The Morgan fingerprint density at radius 1 is 1.27 bits per heavy atom. The average Bonchev–Trinajstić information content (AvgIpc) is 2.27. The molecule has 2 heteroatoms. The van der Waals surface area contributed by atoms with E-state index in [-0.39, 0.29) is 11.4 Å². The van der Waals surface area contributed by atoms with Crippen LogP contribution in [0.15, 0.2) is 0 Å². The molecule has 0 aromatic rings. The second-order valence-corrected chi connectivity index (χ2v) is 5.19. The van der Waals surface area contributed by atoms with E-state index in [1.165, 1.54) is 12.8 Å². The minimum Gasteiger partial charge on any atom is -0.392 e. The molecule has 0 aliphatic heterocycles.